The first kappa shape index (κ1) is 9.58. The molecule has 0 fully saturated rings. The normalized spacial score (nSPS) is 10.3. The zero-order valence-electron chi connectivity index (χ0n) is 8.73. The van der Waals surface area contributed by atoms with Gasteiger partial charge in [-0.1, -0.05) is 6.07 Å². The van der Waals surface area contributed by atoms with Crippen molar-refractivity contribution in [2.75, 3.05) is 5.73 Å². The van der Waals surface area contributed by atoms with E-state index in [0.29, 0.717) is 11.6 Å². The summed E-state index contributed by atoms with van der Waals surface area (Å²) in [7, 11) is 0. The van der Waals surface area contributed by atoms with Crippen molar-refractivity contribution >= 4 is 5.82 Å². The lowest BCUT2D eigenvalue weighted by Crippen LogP contribution is -2.02. The Labute approximate surface area is 88.2 Å². The predicted molar refractivity (Wildman–Crippen MR) is 59.1 cm³/mol. The Bertz CT molecular complexity index is 456. The number of hydrogen-bond acceptors (Lipinski definition) is 4. The quantitative estimate of drug-likeness (QED) is 0.761. The van der Waals surface area contributed by atoms with E-state index < -0.39 is 0 Å². The Balaban J connectivity index is 2.56. The number of anilines is 1. The van der Waals surface area contributed by atoms with Gasteiger partial charge >= 0.3 is 0 Å². The molecule has 0 aromatic carbocycles. The van der Waals surface area contributed by atoms with Gasteiger partial charge in [0.2, 0.25) is 0 Å². The number of aromatic nitrogens is 3. The number of pyridine rings is 1. The zero-order valence-corrected chi connectivity index (χ0v) is 8.73. The van der Waals surface area contributed by atoms with E-state index in [2.05, 4.69) is 15.0 Å². The molecular formula is C11H12N4. The third kappa shape index (κ3) is 1.79. The van der Waals surface area contributed by atoms with Gasteiger partial charge in [0.15, 0.2) is 5.82 Å². The van der Waals surface area contributed by atoms with Crippen molar-refractivity contribution in [1.82, 2.24) is 15.0 Å². The zero-order chi connectivity index (χ0) is 10.8. The second-order valence-electron chi connectivity index (χ2n) is 3.36. The van der Waals surface area contributed by atoms with Crippen LogP contribution in [0.2, 0.25) is 0 Å². The fourth-order valence-electron chi connectivity index (χ4n) is 1.26. The Kier molecular flexibility index (Phi) is 2.33. The van der Waals surface area contributed by atoms with Gasteiger partial charge in [0.25, 0.3) is 0 Å². The highest BCUT2D eigenvalue weighted by atomic mass is 15.0. The molecule has 15 heavy (non-hydrogen) atoms. The summed E-state index contributed by atoms with van der Waals surface area (Å²) in [4.78, 5) is 12.7. The Hall–Kier alpha value is -1.97. The number of hydrogen-bond donors (Lipinski definition) is 1. The molecule has 0 aliphatic rings. The first-order chi connectivity index (χ1) is 7.18. The minimum atomic E-state index is 0.517. The molecule has 2 rings (SSSR count). The Morgan fingerprint density at radius 1 is 1.13 bits per heavy atom. The van der Waals surface area contributed by atoms with Crippen LogP contribution in [0.15, 0.2) is 24.4 Å². The molecule has 0 spiro atoms. The molecule has 0 amide bonds. The Morgan fingerprint density at radius 3 is 2.53 bits per heavy atom. The SMILES string of the molecule is Cc1nc(-c2ccccn2)nc(N)c1C. The molecule has 0 aliphatic heterocycles. The van der Waals surface area contributed by atoms with Crippen LogP contribution < -0.4 is 5.73 Å². The highest BCUT2D eigenvalue weighted by Crippen LogP contribution is 2.17. The monoisotopic (exact) mass is 200 g/mol. The molecule has 0 bridgehead atoms. The van der Waals surface area contributed by atoms with Gasteiger partial charge in [0.1, 0.15) is 11.5 Å². The van der Waals surface area contributed by atoms with Crippen LogP contribution in [0.1, 0.15) is 11.3 Å². The summed E-state index contributed by atoms with van der Waals surface area (Å²) in [6.45, 7) is 3.83. The third-order valence-corrected chi connectivity index (χ3v) is 2.32. The summed E-state index contributed by atoms with van der Waals surface area (Å²) in [5.74, 6) is 1.10. The minimum Gasteiger partial charge on any atom is -0.383 e. The average Bonchev–Trinajstić information content (AvgIpc) is 2.26. The van der Waals surface area contributed by atoms with Gasteiger partial charge in [-0.3, -0.25) is 4.98 Å². The second kappa shape index (κ2) is 3.65. The molecule has 2 heterocycles. The molecule has 2 N–H and O–H groups in total. The van der Waals surface area contributed by atoms with Crippen molar-refractivity contribution in [3.8, 4) is 11.5 Å². The highest BCUT2D eigenvalue weighted by molar-refractivity contribution is 5.54. The number of nitrogen functional groups attached to an aromatic ring is 1. The van der Waals surface area contributed by atoms with Gasteiger partial charge in [-0.15, -0.1) is 0 Å². The van der Waals surface area contributed by atoms with Gasteiger partial charge in [0.05, 0.1) is 0 Å². The Morgan fingerprint density at radius 2 is 1.93 bits per heavy atom. The molecule has 0 radical (unpaired) electrons. The van der Waals surface area contributed by atoms with E-state index in [1.165, 1.54) is 0 Å². The van der Waals surface area contributed by atoms with Gasteiger partial charge in [-0.25, -0.2) is 9.97 Å². The molecule has 0 unspecified atom stereocenters. The second-order valence-corrected chi connectivity index (χ2v) is 3.36. The van der Waals surface area contributed by atoms with E-state index in [0.717, 1.165) is 17.0 Å². The van der Waals surface area contributed by atoms with Gasteiger partial charge in [0, 0.05) is 17.5 Å². The average molecular weight is 200 g/mol. The van der Waals surface area contributed by atoms with Crippen LogP contribution in [-0.2, 0) is 0 Å². The molecule has 0 aliphatic carbocycles. The standard InChI is InChI=1S/C11H12N4/c1-7-8(2)14-11(15-10(7)12)9-5-3-4-6-13-9/h3-6H,1-2H3,(H2,12,14,15). The number of aryl methyl sites for hydroxylation is 1. The van der Waals surface area contributed by atoms with Crippen LogP contribution in [-0.4, -0.2) is 15.0 Å². The fraction of sp³-hybridized carbons (Fsp3) is 0.182. The minimum absolute atomic E-state index is 0.517. The topological polar surface area (TPSA) is 64.7 Å². The van der Waals surface area contributed by atoms with Crippen molar-refractivity contribution in [2.24, 2.45) is 0 Å². The van der Waals surface area contributed by atoms with Crippen molar-refractivity contribution in [3.05, 3.63) is 35.7 Å². The van der Waals surface area contributed by atoms with Crippen molar-refractivity contribution < 1.29 is 0 Å². The van der Waals surface area contributed by atoms with Crippen LogP contribution in [0.4, 0.5) is 5.82 Å². The lowest BCUT2D eigenvalue weighted by molar-refractivity contribution is 1.06. The summed E-state index contributed by atoms with van der Waals surface area (Å²) in [6.07, 6.45) is 1.71. The van der Waals surface area contributed by atoms with Crippen LogP contribution in [0.25, 0.3) is 11.5 Å². The van der Waals surface area contributed by atoms with Gasteiger partial charge in [-0.2, -0.15) is 0 Å². The van der Waals surface area contributed by atoms with Crippen molar-refractivity contribution in [2.45, 2.75) is 13.8 Å². The van der Waals surface area contributed by atoms with Gasteiger partial charge in [-0.05, 0) is 26.0 Å². The van der Waals surface area contributed by atoms with Gasteiger partial charge < -0.3 is 5.73 Å². The number of nitrogens with zero attached hydrogens (tertiary/aromatic N) is 3. The molecule has 4 nitrogen and oxygen atoms in total. The van der Waals surface area contributed by atoms with E-state index in [1.54, 1.807) is 6.20 Å². The van der Waals surface area contributed by atoms with E-state index in [-0.39, 0.29) is 0 Å². The molecule has 0 atom stereocenters. The number of rotatable bonds is 1. The van der Waals surface area contributed by atoms with Crippen molar-refractivity contribution in [1.29, 1.82) is 0 Å². The van der Waals surface area contributed by atoms with Crippen LogP contribution in [0, 0.1) is 13.8 Å². The maximum atomic E-state index is 5.78. The molecule has 0 saturated heterocycles. The van der Waals surface area contributed by atoms with Crippen LogP contribution in [0.3, 0.4) is 0 Å². The van der Waals surface area contributed by atoms with Crippen molar-refractivity contribution in [3.63, 3.8) is 0 Å². The number of nitrogens with two attached hydrogens (primary N) is 1. The largest absolute Gasteiger partial charge is 0.383 e. The maximum absolute atomic E-state index is 5.78. The summed E-state index contributed by atoms with van der Waals surface area (Å²) in [5.41, 5.74) is 8.34. The summed E-state index contributed by atoms with van der Waals surface area (Å²) in [6, 6.07) is 5.62. The predicted octanol–water partition coefficient (Wildman–Crippen LogP) is 1.74. The summed E-state index contributed by atoms with van der Waals surface area (Å²) in [5, 5.41) is 0. The highest BCUT2D eigenvalue weighted by Gasteiger charge is 2.07. The molecule has 2 aromatic heterocycles. The van der Waals surface area contributed by atoms with E-state index in [4.69, 9.17) is 5.73 Å². The molecule has 2 aromatic rings. The summed E-state index contributed by atoms with van der Waals surface area (Å²) < 4.78 is 0. The lowest BCUT2D eigenvalue weighted by Gasteiger charge is -2.05. The van der Waals surface area contributed by atoms with E-state index >= 15 is 0 Å². The smallest absolute Gasteiger partial charge is 0.180 e. The molecule has 76 valence electrons. The van der Waals surface area contributed by atoms with Crippen LogP contribution in [0.5, 0.6) is 0 Å². The molecule has 0 saturated carbocycles. The lowest BCUT2D eigenvalue weighted by atomic mass is 10.2. The third-order valence-electron chi connectivity index (χ3n) is 2.32. The molecule has 4 heteroatoms. The first-order valence-corrected chi connectivity index (χ1v) is 4.70. The maximum Gasteiger partial charge on any atom is 0.180 e. The van der Waals surface area contributed by atoms with E-state index in [1.807, 2.05) is 32.0 Å². The fourth-order valence-corrected chi connectivity index (χ4v) is 1.26. The van der Waals surface area contributed by atoms with Crippen LogP contribution >= 0.6 is 0 Å². The molecular weight excluding hydrogens is 188 g/mol. The first-order valence-electron chi connectivity index (χ1n) is 4.70. The van der Waals surface area contributed by atoms with E-state index in [9.17, 15) is 0 Å². The summed E-state index contributed by atoms with van der Waals surface area (Å²) >= 11 is 0.